The molecule has 0 aliphatic carbocycles. The quantitative estimate of drug-likeness (QED) is 0.177. The monoisotopic (exact) mass is 529 g/mol. The number of piperidine rings is 1. The van der Waals surface area contributed by atoms with Crippen LogP contribution < -0.4 is 10.5 Å². The van der Waals surface area contributed by atoms with E-state index in [-0.39, 0.29) is 6.10 Å². The largest absolute Gasteiger partial charge is 0.493 e. The fraction of sp³-hybridized carbons (Fsp3) is 0.517. The van der Waals surface area contributed by atoms with E-state index in [9.17, 15) is 4.79 Å². The van der Waals surface area contributed by atoms with Gasteiger partial charge in [0.2, 0.25) is 0 Å². The highest BCUT2D eigenvalue weighted by molar-refractivity contribution is 6.30. The van der Waals surface area contributed by atoms with E-state index in [1.54, 1.807) is 0 Å². The molecule has 0 unspecified atom stereocenters. The Hall–Kier alpha value is -2.77. The number of halogens is 1. The van der Waals surface area contributed by atoms with Crippen molar-refractivity contribution >= 4 is 23.4 Å². The summed E-state index contributed by atoms with van der Waals surface area (Å²) in [5, 5.41) is 4.91. The van der Waals surface area contributed by atoms with E-state index in [4.69, 9.17) is 31.6 Å². The first-order valence-corrected chi connectivity index (χ1v) is 13.6. The first kappa shape index (κ1) is 28.8. The molecule has 0 bridgehead atoms. The molecule has 0 spiro atoms. The van der Waals surface area contributed by atoms with E-state index < -0.39 is 6.09 Å². The zero-order valence-electron chi connectivity index (χ0n) is 22.0. The van der Waals surface area contributed by atoms with Gasteiger partial charge in [0.1, 0.15) is 24.7 Å². The number of benzene rings is 2. The molecule has 1 amide bonds. The average Bonchev–Trinajstić information content (AvgIpc) is 2.90. The number of nitrogens with two attached hydrogens (primary N) is 1. The maximum atomic E-state index is 11.4. The number of unbranched alkanes of at least 4 members (excludes halogenated alkanes) is 3. The van der Waals surface area contributed by atoms with Crippen molar-refractivity contribution in [1.82, 2.24) is 4.90 Å². The summed E-state index contributed by atoms with van der Waals surface area (Å²) in [7, 11) is 1.54. The molecular weight excluding hydrogens is 490 g/mol. The standard InChI is InChI=1S/C29H40ClN3O4/c1-3-4-5-6-9-27(37-29(31)34)20-33-17-15-22(16-18-33)21-36-26-10-7-8-24(19-26)28(32-35-2)23-11-13-25(30)14-12-23/h7-8,10-14,19,22,27H,3-6,9,15-18,20-21H2,1-2H3,(H2,31,34)/b32-28+/t27-/m1/s1. The highest BCUT2D eigenvalue weighted by atomic mass is 35.5. The molecule has 1 fully saturated rings. The van der Waals surface area contributed by atoms with Crippen molar-refractivity contribution in [2.75, 3.05) is 33.4 Å². The minimum Gasteiger partial charge on any atom is -0.493 e. The predicted molar refractivity (Wildman–Crippen MR) is 148 cm³/mol. The molecule has 0 aromatic heterocycles. The maximum Gasteiger partial charge on any atom is 0.404 e. The third kappa shape index (κ3) is 9.90. The van der Waals surface area contributed by atoms with Gasteiger partial charge in [0.25, 0.3) is 0 Å². The molecule has 2 aromatic rings. The summed E-state index contributed by atoms with van der Waals surface area (Å²) in [6, 6.07) is 15.4. The topological polar surface area (TPSA) is 86.4 Å². The molecular formula is C29H40ClN3O4. The molecule has 1 atom stereocenters. The van der Waals surface area contributed by atoms with Crippen molar-refractivity contribution in [2.45, 2.75) is 58.0 Å². The number of oxime groups is 1. The number of carbonyl (C=O) groups is 1. The molecule has 202 valence electrons. The molecule has 1 aliphatic rings. The summed E-state index contributed by atoms with van der Waals surface area (Å²) >= 11 is 6.04. The molecule has 37 heavy (non-hydrogen) atoms. The summed E-state index contributed by atoms with van der Waals surface area (Å²) < 4.78 is 11.6. The Balaban J connectivity index is 1.50. The van der Waals surface area contributed by atoms with Crippen molar-refractivity contribution in [1.29, 1.82) is 0 Å². The van der Waals surface area contributed by atoms with Gasteiger partial charge in [-0.3, -0.25) is 4.90 Å². The molecule has 2 aromatic carbocycles. The Kier molecular flexibility index (Phi) is 12.0. The van der Waals surface area contributed by atoms with E-state index in [0.717, 1.165) is 74.3 Å². The lowest BCUT2D eigenvalue weighted by molar-refractivity contribution is 0.0537. The van der Waals surface area contributed by atoms with Crippen molar-refractivity contribution in [3.05, 3.63) is 64.7 Å². The lowest BCUT2D eigenvalue weighted by atomic mass is 9.97. The first-order valence-electron chi connectivity index (χ1n) is 13.3. The number of ether oxygens (including phenoxy) is 2. The van der Waals surface area contributed by atoms with Gasteiger partial charge in [-0.2, -0.15) is 0 Å². The van der Waals surface area contributed by atoms with E-state index in [1.165, 1.54) is 20.0 Å². The van der Waals surface area contributed by atoms with Crippen LogP contribution in [0.2, 0.25) is 5.02 Å². The molecule has 1 heterocycles. The highest BCUT2D eigenvalue weighted by Crippen LogP contribution is 2.23. The number of nitrogens with zero attached hydrogens (tertiary/aromatic N) is 2. The second-order valence-corrected chi connectivity index (χ2v) is 10.1. The molecule has 0 saturated carbocycles. The van der Waals surface area contributed by atoms with Crippen LogP contribution in [0.3, 0.4) is 0 Å². The van der Waals surface area contributed by atoms with Crippen LogP contribution in [-0.4, -0.2) is 56.2 Å². The summed E-state index contributed by atoms with van der Waals surface area (Å²) in [5.41, 5.74) is 7.87. The minimum atomic E-state index is -0.680. The molecule has 3 rings (SSSR count). The Labute approximate surface area is 225 Å². The minimum absolute atomic E-state index is 0.131. The Morgan fingerprint density at radius 2 is 1.86 bits per heavy atom. The molecule has 8 heteroatoms. The van der Waals surface area contributed by atoms with Crippen LogP contribution >= 0.6 is 11.6 Å². The summed E-state index contributed by atoms with van der Waals surface area (Å²) in [6.07, 6.45) is 6.75. The van der Waals surface area contributed by atoms with Crippen LogP contribution in [0.5, 0.6) is 5.75 Å². The number of likely N-dealkylation sites (tertiary alicyclic amines) is 1. The number of primary amides is 1. The van der Waals surface area contributed by atoms with Gasteiger partial charge < -0.3 is 20.0 Å². The van der Waals surface area contributed by atoms with Gasteiger partial charge in [-0.15, -0.1) is 0 Å². The van der Waals surface area contributed by atoms with Gasteiger partial charge in [0, 0.05) is 22.7 Å². The predicted octanol–water partition coefficient (Wildman–Crippen LogP) is 6.26. The number of hydrogen-bond acceptors (Lipinski definition) is 6. The van der Waals surface area contributed by atoms with Gasteiger partial charge in [0.05, 0.1) is 6.61 Å². The third-order valence-electron chi connectivity index (χ3n) is 6.72. The highest BCUT2D eigenvalue weighted by Gasteiger charge is 2.23. The molecule has 7 nitrogen and oxygen atoms in total. The smallest absolute Gasteiger partial charge is 0.404 e. The zero-order valence-corrected chi connectivity index (χ0v) is 22.8. The van der Waals surface area contributed by atoms with Crippen molar-refractivity contribution < 1.29 is 19.1 Å². The zero-order chi connectivity index (χ0) is 26.5. The van der Waals surface area contributed by atoms with Gasteiger partial charge in [0.15, 0.2) is 0 Å². The SMILES string of the molecule is CCCCCC[C@H](CN1CCC(COc2cccc(/C(=N/OC)c3ccc(Cl)cc3)c2)CC1)OC(N)=O. The van der Waals surface area contributed by atoms with E-state index in [0.29, 0.717) is 17.5 Å². The third-order valence-corrected chi connectivity index (χ3v) is 6.98. The summed E-state index contributed by atoms with van der Waals surface area (Å²) in [4.78, 5) is 18.8. The van der Waals surface area contributed by atoms with Crippen LogP contribution in [0.15, 0.2) is 53.7 Å². The van der Waals surface area contributed by atoms with E-state index in [2.05, 4.69) is 17.0 Å². The maximum absolute atomic E-state index is 11.4. The Bertz CT molecular complexity index is 991. The number of amides is 1. The van der Waals surface area contributed by atoms with Gasteiger partial charge in [-0.05, 0) is 69.0 Å². The van der Waals surface area contributed by atoms with Crippen LogP contribution in [0.4, 0.5) is 4.79 Å². The molecule has 1 saturated heterocycles. The second kappa shape index (κ2) is 15.5. The Morgan fingerprint density at radius 3 is 2.54 bits per heavy atom. The van der Waals surface area contributed by atoms with Crippen LogP contribution in [-0.2, 0) is 9.57 Å². The molecule has 1 aliphatic heterocycles. The summed E-state index contributed by atoms with van der Waals surface area (Å²) in [5.74, 6) is 1.28. The Morgan fingerprint density at radius 1 is 1.11 bits per heavy atom. The average molecular weight is 530 g/mol. The normalized spacial score (nSPS) is 15.8. The fourth-order valence-corrected chi connectivity index (χ4v) is 4.82. The van der Waals surface area contributed by atoms with Crippen LogP contribution in [0.25, 0.3) is 0 Å². The van der Waals surface area contributed by atoms with Gasteiger partial charge in [-0.25, -0.2) is 4.79 Å². The van der Waals surface area contributed by atoms with E-state index >= 15 is 0 Å². The second-order valence-electron chi connectivity index (χ2n) is 9.62. The number of hydrogen-bond donors (Lipinski definition) is 1. The molecule has 2 N–H and O–H groups in total. The molecule has 0 radical (unpaired) electrons. The lowest BCUT2D eigenvalue weighted by Crippen LogP contribution is -2.41. The number of rotatable bonds is 14. The number of carbonyl (C=O) groups excluding carboxylic acids is 1. The lowest BCUT2D eigenvalue weighted by Gasteiger charge is -2.33. The van der Waals surface area contributed by atoms with Crippen LogP contribution in [0, 0.1) is 5.92 Å². The van der Waals surface area contributed by atoms with Crippen LogP contribution in [0.1, 0.15) is 63.0 Å². The van der Waals surface area contributed by atoms with Gasteiger partial charge in [-0.1, -0.05) is 67.2 Å². The summed E-state index contributed by atoms with van der Waals surface area (Å²) in [6.45, 7) is 5.52. The van der Waals surface area contributed by atoms with E-state index in [1.807, 2.05) is 48.5 Å². The van der Waals surface area contributed by atoms with Gasteiger partial charge >= 0.3 is 6.09 Å². The van der Waals surface area contributed by atoms with Crippen molar-refractivity contribution in [2.24, 2.45) is 16.8 Å². The fourth-order valence-electron chi connectivity index (χ4n) is 4.69. The van der Waals surface area contributed by atoms with Crippen molar-refractivity contribution in [3.63, 3.8) is 0 Å². The first-order chi connectivity index (χ1) is 18.0. The van der Waals surface area contributed by atoms with Crippen molar-refractivity contribution in [3.8, 4) is 5.75 Å².